The molecule has 0 saturated carbocycles. The van der Waals surface area contributed by atoms with Crippen LogP contribution in [0.4, 0.5) is 0 Å². The normalized spacial score (nSPS) is 0. The Bertz CT molecular complexity index is 3.25. The average Bonchev–Trinajstić information content (AvgIpc) is 0. The predicted octanol–water partition coefficient (Wildman–Crippen LogP) is -0.388. The van der Waals surface area contributed by atoms with Crippen molar-refractivity contribution in [2.45, 2.75) is 0 Å². The molecule has 6 radical (unpaired) electrons. The molecule has 0 aliphatic heterocycles. The molecule has 0 N–H and O–H groups in total. The van der Waals surface area contributed by atoms with Crippen LogP contribution < -0.4 is 0 Å². The molecule has 36 valence electrons. The molecule has 0 aromatic carbocycles. The van der Waals surface area contributed by atoms with Crippen molar-refractivity contribution in [3.05, 3.63) is 0 Å². The zero-order chi connectivity index (χ0) is 0. The molecular formula is Au3In. The van der Waals surface area contributed by atoms with E-state index < -0.39 is 0 Å². The van der Waals surface area contributed by atoms with Crippen LogP contribution in [-0.4, -0.2) is 25.8 Å². The molecule has 0 aromatic heterocycles. The van der Waals surface area contributed by atoms with Crippen molar-refractivity contribution >= 4 is 25.8 Å². The largest absolute Gasteiger partial charge is 0 e. The van der Waals surface area contributed by atoms with Crippen molar-refractivity contribution in [2.24, 2.45) is 0 Å². The van der Waals surface area contributed by atoms with Gasteiger partial charge in [-0.25, -0.2) is 0 Å². The van der Waals surface area contributed by atoms with Gasteiger partial charge in [0.05, 0.1) is 0 Å². The van der Waals surface area contributed by atoms with E-state index in [1.165, 1.54) is 0 Å². The Morgan fingerprint density at radius 1 is 0.500 bits per heavy atom. The third-order valence-corrected chi connectivity index (χ3v) is 0. The quantitative estimate of drug-likeness (QED) is 0.302. The second-order valence-electron chi connectivity index (χ2n) is 0. The van der Waals surface area contributed by atoms with Crippen molar-refractivity contribution in [3.8, 4) is 0 Å². The average molecular weight is 706 g/mol. The number of rotatable bonds is 0. The van der Waals surface area contributed by atoms with Crippen molar-refractivity contribution in [1.82, 2.24) is 0 Å². The summed E-state index contributed by atoms with van der Waals surface area (Å²) in [5, 5.41) is 0. The first kappa shape index (κ1) is 27.5. The fraction of sp³-hybridized carbons (Fsp3) is 0. The van der Waals surface area contributed by atoms with Crippen LogP contribution in [0.3, 0.4) is 0 Å². The van der Waals surface area contributed by atoms with Crippen LogP contribution in [0.5, 0.6) is 0 Å². The molecule has 0 fully saturated rings. The van der Waals surface area contributed by atoms with E-state index in [-0.39, 0.29) is 93.0 Å². The molecule has 0 aliphatic rings. The first-order valence-corrected chi connectivity index (χ1v) is 0. The van der Waals surface area contributed by atoms with Crippen LogP contribution >= 0.6 is 0 Å². The van der Waals surface area contributed by atoms with Gasteiger partial charge in [-0.05, 0) is 0 Å². The van der Waals surface area contributed by atoms with Gasteiger partial charge in [0.15, 0.2) is 0 Å². The molecule has 4 heavy (non-hydrogen) atoms. The fourth-order valence-electron chi connectivity index (χ4n) is 0. The second kappa shape index (κ2) is 16.5. The Morgan fingerprint density at radius 2 is 0.500 bits per heavy atom. The summed E-state index contributed by atoms with van der Waals surface area (Å²) in [6.07, 6.45) is 0. The molecule has 0 aromatic rings. The molecule has 0 rings (SSSR count). The zero-order valence-corrected chi connectivity index (χ0v) is 11.3. The summed E-state index contributed by atoms with van der Waals surface area (Å²) >= 11 is 0. The Morgan fingerprint density at radius 3 is 0.500 bits per heavy atom. The van der Waals surface area contributed by atoms with Gasteiger partial charge < -0.3 is 0 Å². The van der Waals surface area contributed by atoms with Crippen LogP contribution in [0.25, 0.3) is 0 Å². The van der Waals surface area contributed by atoms with Crippen LogP contribution in [0.2, 0.25) is 0 Å². The minimum absolute atomic E-state index is 0. The van der Waals surface area contributed by atoms with Crippen molar-refractivity contribution in [2.75, 3.05) is 0 Å². The topological polar surface area (TPSA) is 0 Å². The summed E-state index contributed by atoms with van der Waals surface area (Å²) in [5.74, 6) is 0. The van der Waals surface area contributed by atoms with Gasteiger partial charge in [0, 0.05) is 93.0 Å². The van der Waals surface area contributed by atoms with Gasteiger partial charge in [0.25, 0.3) is 0 Å². The Hall–Kier alpha value is 3.09. The van der Waals surface area contributed by atoms with E-state index in [2.05, 4.69) is 0 Å². The van der Waals surface area contributed by atoms with Gasteiger partial charge in [0.1, 0.15) is 0 Å². The van der Waals surface area contributed by atoms with Gasteiger partial charge in [-0.15, -0.1) is 0 Å². The van der Waals surface area contributed by atoms with Crippen LogP contribution in [0.15, 0.2) is 0 Å². The number of hydrogen-bond donors (Lipinski definition) is 0. The van der Waals surface area contributed by atoms with Gasteiger partial charge in [-0.3, -0.25) is 0 Å². The maximum Gasteiger partial charge on any atom is 0 e. The van der Waals surface area contributed by atoms with Gasteiger partial charge >= 0.3 is 0 Å². The molecule has 0 heterocycles. The molecule has 0 amide bonds. The Balaban J connectivity index is 0. The predicted molar refractivity (Wildman–Crippen MR) is 5.75 cm³/mol. The smallest absolute Gasteiger partial charge is 0 e. The van der Waals surface area contributed by atoms with Crippen LogP contribution in [-0.2, 0) is 67.1 Å². The summed E-state index contributed by atoms with van der Waals surface area (Å²) in [7, 11) is 0. The number of hydrogen-bond acceptors (Lipinski definition) is 0. The molecule has 0 bridgehead atoms. The van der Waals surface area contributed by atoms with E-state index in [0.717, 1.165) is 0 Å². The minimum atomic E-state index is 0. The molecule has 4 heteroatoms. The van der Waals surface area contributed by atoms with E-state index in [4.69, 9.17) is 0 Å². The molecule has 0 aliphatic carbocycles. The Labute approximate surface area is 91.2 Å². The van der Waals surface area contributed by atoms with E-state index >= 15 is 0 Å². The summed E-state index contributed by atoms with van der Waals surface area (Å²) in [6.45, 7) is 0. The maximum atomic E-state index is 0. The van der Waals surface area contributed by atoms with Crippen molar-refractivity contribution in [3.63, 3.8) is 0 Å². The Kier molecular flexibility index (Phi) is 114. The summed E-state index contributed by atoms with van der Waals surface area (Å²) in [4.78, 5) is 0. The summed E-state index contributed by atoms with van der Waals surface area (Å²) in [6, 6.07) is 0. The molecule has 0 nitrogen and oxygen atoms in total. The third-order valence-electron chi connectivity index (χ3n) is 0. The van der Waals surface area contributed by atoms with Crippen LogP contribution in [0.1, 0.15) is 0 Å². The zero-order valence-electron chi connectivity index (χ0n) is 1.48. The molecule has 0 saturated heterocycles. The third kappa shape index (κ3) is 8.92. The first-order chi connectivity index (χ1) is 0. The van der Waals surface area contributed by atoms with Crippen molar-refractivity contribution in [1.29, 1.82) is 0 Å². The minimum Gasteiger partial charge on any atom is 0 e. The maximum absolute atomic E-state index is 0. The molecule has 0 atom stereocenters. The fourth-order valence-corrected chi connectivity index (χ4v) is 0. The van der Waals surface area contributed by atoms with E-state index in [9.17, 15) is 0 Å². The van der Waals surface area contributed by atoms with Gasteiger partial charge in [-0.2, -0.15) is 0 Å². The molecular weight excluding hydrogens is 706 g/mol. The molecule has 0 spiro atoms. The van der Waals surface area contributed by atoms with Crippen LogP contribution in [0, 0.1) is 0 Å². The second-order valence-corrected chi connectivity index (χ2v) is 0. The van der Waals surface area contributed by atoms with Gasteiger partial charge in [0.2, 0.25) is 0 Å². The molecule has 0 unspecified atom stereocenters. The summed E-state index contributed by atoms with van der Waals surface area (Å²) in [5.41, 5.74) is 0. The van der Waals surface area contributed by atoms with E-state index in [0.29, 0.717) is 0 Å². The van der Waals surface area contributed by atoms with Gasteiger partial charge in [-0.1, -0.05) is 0 Å². The standard InChI is InChI=1S/3Au.In. The summed E-state index contributed by atoms with van der Waals surface area (Å²) < 4.78 is 0. The monoisotopic (exact) mass is 706 g/mol. The van der Waals surface area contributed by atoms with E-state index in [1.54, 1.807) is 0 Å². The SMILES string of the molecule is [Au].[Au].[Au].[In]. The van der Waals surface area contributed by atoms with E-state index in [1.807, 2.05) is 0 Å². The first-order valence-electron chi connectivity index (χ1n) is 0. The van der Waals surface area contributed by atoms with Crippen molar-refractivity contribution < 1.29 is 67.1 Å².